The topological polar surface area (TPSA) is 48.7 Å². The fraction of sp³-hybridized carbons (Fsp3) is 0.200. The number of aromatic nitrogens is 1. The molecule has 0 spiro atoms. The van der Waals surface area contributed by atoms with E-state index in [0.29, 0.717) is 10.6 Å². The van der Waals surface area contributed by atoms with Gasteiger partial charge >= 0.3 is 0 Å². The number of pyridine rings is 1. The summed E-state index contributed by atoms with van der Waals surface area (Å²) in [4.78, 5) is 4.44. The molecule has 3 rings (SSSR count). The van der Waals surface area contributed by atoms with Gasteiger partial charge in [0.2, 0.25) is 0 Å². The Morgan fingerprint density at radius 1 is 1.37 bits per heavy atom. The summed E-state index contributed by atoms with van der Waals surface area (Å²) in [6.07, 6.45) is 3.81. The maximum Gasteiger partial charge on any atom is 0.101 e. The number of nitrogens with one attached hydrogen (secondary N) is 1. The number of nitriles is 1. The number of aryl methyl sites for hydroxylation is 1. The second kappa shape index (κ2) is 4.91. The third-order valence-electron chi connectivity index (χ3n) is 3.39. The number of rotatable bonds is 2. The predicted octanol–water partition coefficient (Wildman–Crippen LogP) is 3.71. The molecule has 4 heteroatoms. The van der Waals surface area contributed by atoms with Crippen molar-refractivity contribution < 1.29 is 0 Å². The molecule has 0 amide bonds. The number of hydrogen-bond donors (Lipinski definition) is 1. The van der Waals surface area contributed by atoms with Gasteiger partial charge in [0.25, 0.3) is 0 Å². The Labute approximate surface area is 116 Å². The van der Waals surface area contributed by atoms with Crippen LogP contribution in [-0.4, -0.2) is 4.98 Å². The van der Waals surface area contributed by atoms with Crippen molar-refractivity contribution in [1.29, 1.82) is 5.26 Å². The fourth-order valence-electron chi connectivity index (χ4n) is 2.47. The Balaban J connectivity index is 1.92. The van der Waals surface area contributed by atoms with Crippen LogP contribution in [0.1, 0.15) is 29.3 Å². The van der Waals surface area contributed by atoms with E-state index in [1.54, 1.807) is 18.2 Å². The lowest BCUT2D eigenvalue weighted by molar-refractivity contribution is 0.745. The SMILES string of the molecule is N#Cc1ccc(Cl)cc1NC1CCc2cccnc21. The molecule has 1 aliphatic carbocycles. The quantitative estimate of drug-likeness (QED) is 0.904. The number of fused-ring (bicyclic) bond motifs is 1. The molecule has 1 aromatic carbocycles. The van der Waals surface area contributed by atoms with Crippen LogP contribution in [-0.2, 0) is 6.42 Å². The van der Waals surface area contributed by atoms with Gasteiger partial charge in [-0.2, -0.15) is 5.26 Å². The molecule has 0 saturated heterocycles. The molecule has 1 atom stereocenters. The van der Waals surface area contributed by atoms with Gasteiger partial charge in [-0.05, 0) is 42.7 Å². The minimum Gasteiger partial charge on any atom is -0.376 e. The van der Waals surface area contributed by atoms with Crippen molar-refractivity contribution in [3.63, 3.8) is 0 Å². The largest absolute Gasteiger partial charge is 0.376 e. The van der Waals surface area contributed by atoms with E-state index in [1.165, 1.54) is 5.56 Å². The lowest BCUT2D eigenvalue weighted by Crippen LogP contribution is -2.09. The van der Waals surface area contributed by atoms with Gasteiger partial charge < -0.3 is 5.32 Å². The Morgan fingerprint density at radius 3 is 3.11 bits per heavy atom. The first kappa shape index (κ1) is 12.0. The molecular weight excluding hydrogens is 258 g/mol. The average Bonchev–Trinajstić information content (AvgIpc) is 2.83. The normalized spacial score (nSPS) is 16.7. The summed E-state index contributed by atoms with van der Waals surface area (Å²) in [5.41, 5.74) is 3.74. The minimum absolute atomic E-state index is 0.154. The number of benzene rings is 1. The maximum atomic E-state index is 9.13. The van der Waals surface area contributed by atoms with Crippen molar-refractivity contribution >= 4 is 17.3 Å². The lowest BCUT2D eigenvalue weighted by atomic mass is 10.1. The van der Waals surface area contributed by atoms with Crippen LogP contribution < -0.4 is 5.32 Å². The van der Waals surface area contributed by atoms with Crippen molar-refractivity contribution in [2.45, 2.75) is 18.9 Å². The van der Waals surface area contributed by atoms with Crippen LogP contribution in [0.3, 0.4) is 0 Å². The molecule has 0 fully saturated rings. The van der Waals surface area contributed by atoms with Crippen LogP contribution in [0.5, 0.6) is 0 Å². The van der Waals surface area contributed by atoms with Gasteiger partial charge in [-0.1, -0.05) is 17.7 Å². The first-order chi connectivity index (χ1) is 9.28. The van der Waals surface area contributed by atoms with Gasteiger partial charge in [0.1, 0.15) is 6.07 Å². The highest BCUT2D eigenvalue weighted by Gasteiger charge is 2.23. The lowest BCUT2D eigenvalue weighted by Gasteiger charge is -2.15. The highest BCUT2D eigenvalue weighted by Crippen LogP contribution is 2.33. The highest BCUT2D eigenvalue weighted by atomic mass is 35.5. The van der Waals surface area contributed by atoms with E-state index in [9.17, 15) is 0 Å². The Bertz CT molecular complexity index is 661. The molecular formula is C15H12ClN3. The summed E-state index contributed by atoms with van der Waals surface area (Å²) >= 11 is 5.99. The molecule has 1 unspecified atom stereocenters. The molecule has 1 aliphatic rings. The third kappa shape index (κ3) is 2.27. The Kier molecular flexibility index (Phi) is 3.10. The number of hydrogen-bond acceptors (Lipinski definition) is 3. The molecule has 0 aliphatic heterocycles. The van der Waals surface area contributed by atoms with Crippen molar-refractivity contribution in [2.24, 2.45) is 0 Å². The van der Waals surface area contributed by atoms with Crippen LogP contribution in [0.15, 0.2) is 36.5 Å². The summed E-state index contributed by atoms with van der Waals surface area (Å²) < 4.78 is 0. The van der Waals surface area contributed by atoms with E-state index in [1.807, 2.05) is 12.3 Å². The van der Waals surface area contributed by atoms with Crippen molar-refractivity contribution in [2.75, 3.05) is 5.32 Å². The highest BCUT2D eigenvalue weighted by molar-refractivity contribution is 6.30. The second-order valence-corrected chi connectivity index (χ2v) is 5.02. The molecule has 1 N–H and O–H groups in total. The van der Waals surface area contributed by atoms with Crippen molar-refractivity contribution in [3.05, 3.63) is 58.4 Å². The van der Waals surface area contributed by atoms with Crippen LogP contribution >= 0.6 is 11.6 Å². The molecule has 0 saturated carbocycles. The van der Waals surface area contributed by atoms with Crippen LogP contribution in [0, 0.1) is 11.3 Å². The number of nitrogens with zero attached hydrogens (tertiary/aromatic N) is 2. The second-order valence-electron chi connectivity index (χ2n) is 4.59. The molecule has 3 nitrogen and oxygen atoms in total. The Hall–Kier alpha value is -2.05. The molecule has 0 bridgehead atoms. The van der Waals surface area contributed by atoms with Crippen molar-refractivity contribution in [1.82, 2.24) is 4.98 Å². The van der Waals surface area contributed by atoms with E-state index in [4.69, 9.17) is 16.9 Å². The van der Waals surface area contributed by atoms with Gasteiger partial charge in [0.05, 0.1) is 23.0 Å². The zero-order valence-corrected chi connectivity index (χ0v) is 11.0. The van der Waals surface area contributed by atoms with E-state index in [0.717, 1.165) is 24.2 Å². The van der Waals surface area contributed by atoms with E-state index in [2.05, 4.69) is 22.4 Å². The number of anilines is 1. The minimum atomic E-state index is 0.154. The van der Waals surface area contributed by atoms with Crippen LogP contribution in [0.2, 0.25) is 5.02 Å². The molecule has 19 heavy (non-hydrogen) atoms. The van der Waals surface area contributed by atoms with E-state index < -0.39 is 0 Å². The van der Waals surface area contributed by atoms with E-state index in [-0.39, 0.29) is 6.04 Å². The fourth-order valence-corrected chi connectivity index (χ4v) is 2.65. The standard InChI is InChI=1S/C15H12ClN3/c16-12-5-3-11(9-17)14(8-12)19-13-6-4-10-2-1-7-18-15(10)13/h1-3,5,7-8,13,19H,4,6H2. The summed E-state index contributed by atoms with van der Waals surface area (Å²) in [5.74, 6) is 0. The smallest absolute Gasteiger partial charge is 0.101 e. The monoisotopic (exact) mass is 269 g/mol. The van der Waals surface area contributed by atoms with Gasteiger partial charge in [-0.25, -0.2) is 0 Å². The molecule has 2 aromatic rings. The molecule has 0 radical (unpaired) electrons. The van der Waals surface area contributed by atoms with Gasteiger partial charge in [-0.3, -0.25) is 4.98 Å². The van der Waals surface area contributed by atoms with Crippen molar-refractivity contribution in [3.8, 4) is 6.07 Å². The predicted molar refractivity (Wildman–Crippen MR) is 75.1 cm³/mol. The molecule has 1 aromatic heterocycles. The zero-order valence-electron chi connectivity index (χ0n) is 10.2. The van der Waals surface area contributed by atoms with E-state index >= 15 is 0 Å². The summed E-state index contributed by atoms with van der Waals surface area (Å²) in [7, 11) is 0. The number of halogens is 1. The van der Waals surface area contributed by atoms with Gasteiger partial charge in [0, 0.05) is 11.2 Å². The average molecular weight is 270 g/mol. The summed E-state index contributed by atoms with van der Waals surface area (Å²) in [5, 5.41) is 13.1. The zero-order chi connectivity index (χ0) is 13.2. The van der Waals surface area contributed by atoms with Gasteiger partial charge in [0.15, 0.2) is 0 Å². The molecule has 94 valence electrons. The summed E-state index contributed by atoms with van der Waals surface area (Å²) in [6, 6.07) is 11.7. The first-order valence-electron chi connectivity index (χ1n) is 6.18. The third-order valence-corrected chi connectivity index (χ3v) is 3.63. The Morgan fingerprint density at radius 2 is 2.26 bits per heavy atom. The maximum absolute atomic E-state index is 9.13. The summed E-state index contributed by atoms with van der Waals surface area (Å²) in [6.45, 7) is 0. The van der Waals surface area contributed by atoms with Crippen LogP contribution in [0.25, 0.3) is 0 Å². The van der Waals surface area contributed by atoms with Gasteiger partial charge in [-0.15, -0.1) is 0 Å². The first-order valence-corrected chi connectivity index (χ1v) is 6.55. The van der Waals surface area contributed by atoms with Crippen LogP contribution in [0.4, 0.5) is 5.69 Å². The molecule has 1 heterocycles.